The van der Waals surface area contributed by atoms with Crippen molar-refractivity contribution < 1.29 is 14.3 Å². The van der Waals surface area contributed by atoms with Gasteiger partial charge in [-0.25, -0.2) is 4.98 Å². The van der Waals surface area contributed by atoms with Crippen LogP contribution in [0, 0.1) is 11.3 Å². The van der Waals surface area contributed by atoms with Gasteiger partial charge in [0.1, 0.15) is 11.9 Å². The number of benzene rings is 2. The van der Waals surface area contributed by atoms with E-state index in [2.05, 4.69) is 11.0 Å². The summed E-state index contributed by atoms with van der Waals surface area (Å²) in [6.07, 6.45) is 0.810. The number of nitriles is 1. The van der Waals surface area contributed by atoms with Crippen LogP contribution in [0.15, 0.2) is 48.5 Å². The molecule has 1 saturated heterocycles. The van der Waals surface area contributed by atoms with Gasteiger partial charge in [0.15, 0.2) is 11.5 Å². The first kappa shape index (κ1) is 18.3. The molecule has 0 aliphatic carbocycles. The zero-order chi connectivity index (χ0) is 20.5. The summed E-state index contributed by atoms with van der Waals surface area (Å²) in [6, 6.07) is 17.2. The third-order valence-electron chi connectivity index (χ3n) is 5.51. The quantitative estimate of drug-likeness (QED) is 0.657. The van der Waals surface area contributed by atoms with Crippen molar-refractivity contribution in [3.05, 3.63) is 59.7 Å². The maximum Gasteiger partial charge on any atom is 0.253 e. The van der Waals surface area contributed by atoms with Gasteiger partial charge in [-0.1, -0.05) is 18.2 Å². The summed E-state index contributed by atoms with van der Waals surface area (Å²) >= 11 is 0. The van der Waals surface area contributed by atoms with Gasteiger partial charge in [0.05, 0.1) is 11.1 Å². The summed E-state index contributed by atoms with van der Waals surface area (Å²) in [5.74, 6) is 2.03. The number of anilines is 1. The molecule has 2 aliphatic heterocycles. The van der Waals surface area contributed by atoms with E-state index in [9.17, 15) is 10.1 Å². The molecule has 150 valence electrons. The first-order valence-electron chi connectivity index (χ1n) is 9.97. The van der Waals surface area contributed by atoms with Gasteiger partial charge < -0.3 is 19.3 Å². The summed E-state index contributed by atoms with van der Waals surface area (Å²) in [5, 5.41) is 10.6. The standard InChI is InChI=1S/C23H20N4O3/c24-14-18-11-17-12-20-21(30-15-29-20)13-19(17)25-22(18)26-7-4-8-27(10-9-26)23(28)16-5-2-1-3-6-16/h1-3,5-6,11-13H,4,7-10,15H2. The second-order valence-electron chi connectivity index (χ2n) is 7.37. The highest BCUT2D eigenvalue weighted by Crippen LogP contribution is 2.37. The van der Waals surface area contributed by atoms with Crippen molar-refractivity contribution in [1.29, 1.82) is 5.26 Å². The second kappa shape index (κ2) is 7.56. The molecule has 2 aliphatic rings. The number of ether oxygens (including phenoxy) is 2. The molecule has 1 amide bonds. The molecule has 0 atom stereocenters. The third kappa shape index (κ3) is 3.26. The van der Waals surface area contributed by atoms with E-state index in [0.29, 0.717) is 48.1 Å². The van der Waals surface area contributed by atoms with Gasteiger partial charge in [-0.05, 0) is 30.7 Å². The number of fused-ring (bicyclic) bond motifs is 2. The molecule has 7 heteroatoms. The fourth-order valence-electron chi connectivity index (χ4n) is 3.97. The van der Waals surface area contributed by atoms with Gasteiger partial charge in [-0.3, -0.25) is 4.79 Å². The number of carbonyl (C=O) groups is 1. The highest BCUT2D eigenvalue weighted by Gasteiger charge is 2.23. The highest BCUT2D eigenvalue weighted by molar-refractivity contribution is 5.94. The number of rotatable bonds is 2. The van der Waals surface area contributed by atoms with Gasteiger partial charge in [0.25, 0.3) is 5.91 Å². The Labute approximate surface area is 174 Å². The molecule has 0 saturated carbocycles. The number of amides is 1. The van der Waals surface area contributed by atoms with E-state index < -0.39 is 0 Å². The average molecular weight is 400 g/mol. The van der Waals surface area contributed by atoms with E-state index in [1.165, 1.54) is 0 Å². The first-order valence-corrected chi connectivity index (χ1v) is 9.97. The lowest BCUT2D eigenvalue weighted by Crippen LogP contribution is -2.35. The number of pyridine rings is 1. The summed E-state index contributed by atoms with van der Waals surface area (Å²) in [5.41, 5.74) is 1.97. The molecule has 0 spiro atoms. The van der Waals surface area contributed by atoms with Crippen LogP contribution < -0.4 is 14.4 Å². The normalized spacial score (nSPS) is 15.7. The molecule has 0 bridgehead atoms. The maximum atomic E-state index is 12.8. The number of hydrogen-bond donors (Lipinski definition) is 0. The summed E-state index contributed by atoms with van der Waals surface area (Å²) < 4.78 is 10.9. The zero-order valence-corrected chi connectivity index (χ0v) is 16.4. The largest absolute Gasteiger partial charge is 0.454 e. The molecule has 0 radical (unpaired) electrons. The van der Waals surface area contributed by atoms with Crippen LogP contribution in [0.1, 0.15) is 22.3 Å². The van der Waals surface area contributed by atoms with Crippen molar-refractivity contribution in [3.63, 3.8) is 0 Å². The lowest BCUT2D eigenvalue weighted by atomic mass is 10.1. The van der Waals surface area contributed by atoms with Gasteiger partial charge >= 0.3 is 0 Å². The molecule has 3 aromatic rings. The number of carbonyl (C=O) groups excluding carboxylic acids is 1. The maximum absolute atomic E-state index is 12.8. The fourth-order valence-corrected chi connectivity index (χ4v) is 3.97. The molecule has 0 unspecified atom stereocenters. The third-order valence-corrected chi connectivity index (χ3v) is 5.51. The van der Waals surface area contributed by atoms with Crippen molar-refractivity contribution in [2.75, 3.05) is 37.9 Å². The second-order valence-corrected chi connectivity index (χ2v) is 7.37. The van der Waals surface area contributed by atoms with Gasteiger partial charge in [0, 0.05) is 43.2 Å². The predicted octanol–water partition coefficient (Wildman–Crippen LogP) is 3.19. The van der Waals surface area contributed by atoms with E-state index >= 15 is 0 Å². The SMILES string of the molecule is N#Cc1cc2cc3c(cc2nc1N1CCCN(C(=O)c2ccccc2)CC1)OCO3. The monoisotopic (exact) mass is 400 g/mol. The first-order chi connectivity index (χ1) is 14.7. The molecular formula is C23H20N4O3. The van der Waals surface area contributed by atoms with Crippen LogP contribution in [0.25, 0.3) is 10.9 Å². The van der Waals surface area contributed by atoms with E-state index in [4.69, 9.17) is 14.5 Å². The highest BCUT2D eigenvalue weighted by atomic mass is 16.7. The smallest absolute Gasteiger partial charge is 0.253 e. The Bertz CT molecular complexity index is 1160. The lowest BCUT2D eigenvalue weighted by Gasteiger charge is -2.24. The van der Waals surface area contributed by atoms with E-state index in [-0.39, 0.29) is 12.7 Å². The summed E-state index contributed by atoms with van der Waals surface area (Å²) in [4.78, 5) is 21.6. The zero-order valence-electron chi connectivity index (χ0n) is 16.4. The Balaban J connectivity index is 1.42. The van der Waals surface area contributed by atoms with Crippen molar-refractivity contribution >= 4 is 22.6 Å². The molecule has 1 fully saturated rings. The van der Waals surface area contributed by atoms with Gasteiger partial charge in [0.2, 0.25) is 6.79 Å². The van der Waals surface area contributed by atoms with Crippen LogP contribution in [0.3, 0.4) is 0 Å². The van der Waals surface area contributed by atoms with Crippen LogP contribution in [-0.4, -0.2) is 48.8 Å². The summed E-state index contributed by atoms with van der Waals surface area (Å²) in [6.45, 7) is 2.81. The predicted molar refractivity (Wildman–Crippen MR) is 112 cm³/mol. The minimum atomic E-state index is 0.0390. The Morgan fingerprint density at radius 2 is 1.80 bits per heavy atom. The van der Waals surface area contributed by atoms with Crippen LogP contribution >= 0.6 is 0 Å². The van der Waals surface area contributed by atoms with Crippen molar-refractivity contribution in [2.24, 2.45) is 0 Å². The molecule has 5 rings (SSSR count). The van der Waals surface area contributed by atoms with Gasteiger partial charge in [-0.2, -0.15) is 5.26 Å². The molecule has 7 nitrogen and oxygen atoms in total. The Hall–Kier alpha value is -3.79. The average Bonchev–Trinajstić information content (AvgIpc) is 3.10. The minimum Gasteiger partial charge on any atom is -0.454 e. The van der Waals surface area contributed by atoms with Gasteiger partial charge in [-0.15, -0.1) is 0 Å². The van der Waals surface area contributed by atoms with Crippen LogP contribution in [0.5, 0.6) is 11.5 Å². The fraction of sp³-hybridized carbons (Fsp3) is 0.261. The molecule has 0 N–H and O–H groups in total. The molecule has 30 heavy (non-hydrogen) atoms. The van der Waals surface area contributed by atoms with Crippen molar-refractivity contribution in [3.8, 4) is 17.6 Å². The van der Waals surface area contributed by atoms with Crippen molar-refractivity contribution in [1.82, 2.24) is 9.88 Å². The Kier molecular flexibility index (Phi) is 4.60. The molecule has 2 aromatic carbocycles. The van der Waals surface area contributed by atoms with E-state index in [1.807, 2.05) is 53.4 Å². The number of nitrogens with zero attached hydrogens (tertiary/aromatic N) is 4. The lowest BCUT2D eigenvalue weighted by molar-refractivity contribution is 0.0767. The van der Waals surface area contributed by atoms with Crippen LogP contribution in [0.4, 0.5) is 5.82 Å². The number of hydrogen-bond acceptors (Lipinski definition) is 6. The van der Waals surface area contributed by atoms with Crippen molar-refractivity contribution in [2.45, 2.75) is 6.42 Å². The van der Waals surface area contributed by atoms with E-state index in [1.54, 1.807) is 0 Å². The summed E-state index contributed by atoms with van der Waals surface area (Å²) in [7, 11) is 0. The van der Waals surface area contributed by atoms with E-state index in [0.717, 1.165) is 23.9 Å². The Morgan fingerprint density at radius 1 is 1.00 bits per heavy atom. The minimum absolute atomic E-state index is 0.0390. The van der Waals surface area contributed by atoms with Crippen LogP contribution in [-0.2, 0) is 0 Å². The number of aromatic nitrogens is 1. The molecular weight excluding hydrogens is 380 g/mol. The molecule has 1 aromatic heterocycles. The topological polar surface area (TPSA) is 78.7 Å². The Morgan fingerprint density at radius 3 is 2.60 bits per heavy atom. The molecule has 3 heterocycles. The van der Waals surface area contributed by atoms with Crippen LogP contribution in [0.2, 0.25) is 0 Å².